The second-order valence-electron chi connectivity index (χ2n) is 5.99. The topological polar surface area (TPSA) is 67.6 Å². The van der Waals surface area contributed by atoms with Crippen LogP contribution in [-0.4, -0.2) is 48.6 Å². The van der Waals surface area contributed by atoms with E-state index in [4.69, 9.17) is 9.15 Å². The average molecular weight is 329 g/mol. The molecule has 0 unspecified atom stereocenters. The maximum Gasteiger partial charge on any atom is 0.223 e. The Kier molecular flexibility index (Phi) is 5.15. The van der Waals surface area contributed by atoms with Gasteiger partial charge in [-0.25, -0.2) is 4.98 Å². The van der Waals surface area contributed by atoms with E-state index in [2.05, 4.69) is 17.2 Å². The number of hydrogen-bond acceptors (Lipinski definition) is 5. The number of amides is 1. The standard InChI is InChI=1S/C18H23N3O3/c1-13-11-19-9-10-21(13)18(22)8-7-17-20-12-16(24-17)14-3-5-15(23-2)6-4-14/h3-6,12-13,19H,7-11H2,1-2H3/t13-/m1/s1. The number of piperazine rings is 1. The number of rotatable bonds is 5. The van der Waals surface area contributed by atoms with E-state index in [1.54, 1.807) is 13.3 Å². The summed E-state index contributed by atoms with van der Waals surface area (Å²) in [5.74, 6) is 2.26. The van der Waals surface area contributed by atoms with Gasteiger partial charge >= 0.3 is 0 Å². The molecule has 1 atom stereocenters. The zero-order chi connectivity index (χ0) is 16.9. The quantitative estimate of drug-likeness (QED) is 0.910. The van der Waals surface area contributed by atoms with Gasteiger partial charge in [0.25, 0.3) is 0 Å². The SMILES string of the molecule is COc1ccc(-c2cnc(CCC(=O)N3CCNC[C@H]3C)o2)cc1. The Morgan fingerprint density at radius 1 is 1.42 bits per heavy atom. The summed E-state index contributed by atoms with van der Waals surface area (Å²) in [5.41, 5.74) is 0.941. The number of aryl methyl sites for hydroxylation is 1. The molecule has 0 radical (unpaired) electrons. The van der Waals surface area contributed by atoms with E-state index in [1.807, 2.05) is 29.2 Å². The number of carbonyl (C=O) groups excluding carboxylic acids is 1. The van der Waals surface area contributed by atoms with Crippen molar-refractivity contribution in [2.24, 2.45) is 0 Å². The third-order valence-corrected chi connectivity index (χ3v) is 4.30. The second-order valence-corrected chi connectivity index (χ2v) is 5.99. The lowest BCUT2D eigenvalue weighted by Gasteiger charge is -2.34. The number of methoxy groups -OCH3 is 1. The van der Waals surface area contributed by atoms with Crippen LogP contribution in [0.15, 0.2) is 34.9 Å². The number of hydrogen-bond donors (Lipinski definition) is 1. The summed E-state index contributed by atoms with van der Waals surface area (Å²) in [6, 6.07) is 7.86. The first-order valence-corrected chi connectivity index (χ1v) is 8.26. The van der Waals surface area contributed by atoms with Crippen LogP contribution in [0.1, 0.15) is 19.2 Å². The van der Waals surface area contributed by atoms with E-state index < -0.39 is 0 Å². The molecule has 1 aromatic carbocycles. The van der Waals surface area contributed by atoms with Crippen LogP contribution in [0, 0.1) is 0 Å². The molecule has 0 spiro atoms. The van der Waals surface area contributed by atoms with Crippen molar-refractivity contribution in [3.05, 3.63) is 36.4 Å². The van der Waals surface area contributed by atoms with Crippen molar-refractivity contribution >= 4 is 5.91 Å². The average Bonchev–Trinajstić information content (AvgIpc) is 3.09. The zero-order valence-electron chi connectivity index (χ0n) is 14.1. The number of carbonyl (C=O) groups is 1. The van der Waals surface area contributed by atoms with E-state index in [0.29, 0.717) is 24.5 Å². The fourth-order valence-electron chi connectivity index (χ4n) is 2.88. The summed E-state index contributed by atoms with van der Waals surface area (Å²) in [4.78, 5) is 18.6. The smallest absolute Gasteiger partial charge is 0.223 e. The Balaban J connectivity index is 1.58. The molecule has 1 amide bonds. The Hall–Kier alpha value is -2.34. The number of benzene rings is 1. The van der Waals surface area contributed by atoms with Crippen LogP contribution in [0.25, 0.3) is 11.3 Å². The number of ether oxygens (including phenoxy) is 1. The van der Waals surface area contributed by atoms with Gasteiger partial charge in [-0.1, -0.05) is 0 Å². The second kappa shape index (κ2) is 7.49. The first-order valence-electron chi connectivity index (χ1n) is 8.26. The van der Waals surface area contributed by atoms with Gasteiger partial charge < -0.3 is 19.4 Å². The minimum Gasteiger partial charge on any atom is -0.497 e. The highest BCUT2D eigenvalue weighted by atomic mass is 16.5. The molecule has 1 saturated heterocycles. The van der Waals surface area contributed by atoms with Crippen molar-refractivity contribution in [2.75, 3.05) is 26.7 Å². The van der Waals surface area contributed by atoms with Gasteiger partial charge in [0.15, 0.2) is 11.7 Å². The maximum absolute atomic E-state index is 12.3. The van der Waals surface area contributed by atoms with Gasteiger partial charge in [-0.3, -0.25) is 4.79 Å². The van der Waals surface area contributed by atoms with Gasteiger partial charge in [0.1, 0.15) is 5.75 Å². The molecule has 0 bridgehead atoms. The third-order valence-electron chi connectivity index (χ3n) is 4.30. The molecule has 1 aliphatic rings. The third kappa shape index (κ3) is 3.76. The van der Waals surface area contributed by atoms with Crippen molar-refractivity contribution in [1.29, 1.82) is 0 Å². The minimum atomic E-state index is 0.160. The van der Waals surface area contributed by atoms with E-state index >= 15 is 0 Å². The van der Waals surface area contributed by atoms with Gasteiger partial charge in [0, 0.05) is 44.1 Å². The van der Waals surface area contributed by atoms with E-state index in [1.165, 1.54) is 0 Å². The van der Waals surface area contributed by atoms with Crippen molar-refractivity contribution in [3.8, 4) is 17.1 Å². The molecule has 2 heterocycles. The van der Waals surface area contributed by atoms with Crippen LogP contribution in [0.5, 0.6) is 5.75 Å². The van der Waals surface area contributed by atoms with Gasteiger partial charge in [-0.05, 0) is 31.2 Å². The Morgan fingerprint density at radius 3 is 2.92 bits per heavy atom. The lowest BCUT2D eigenvalue weighted by Crippen LogP contribution is -2.52. The molecule has 6 heteroatoms. The molecule has 1 aromatic heterocycles. The lowest BCUT2D eigenvalue weighted by molar-refractivity contribution is -0.134. The Bertz CT molecular complexity index is 681. The molecule has 1 N–H and O–H groups in total. The summed E-state index contributed by atoms with van der Waals surface area (Å²) in [6.45, 7) is 4.54. The predicted octanol–water partition coefficient (Wildman–Crippen LogP) is 2.10. The number of nitrogens with zero attached hydrogens (tertiary/aromatic N) is 2. The van der Waals surface area contributed by atoms with Crippen LogP contribution in [0.3, 0.4) is 0 Å². The van der Waals surface area contributed by atoms with E-state index in [0.717, 1.165) is 30.9 Å². The van der Waals surface area contributed by atoms with E-state index in [-0.39, 0.29) is 11.9 Å². The fourth-order valence-corrected chi connectivity index (χ4v) is 2.88. The lowest BCUT2D eigenvalue weighted by atomic mass is 10.2. The Labute approximate surface area is 141 Å². The van der Waals surface area contributed by atoms with Crippen LogP contribution in [0.2, 0.25) is 0 Å². The highest BCUT2D eigenvalue weighted by molar-refractivity contribution is 5.76. The van der Waals surface area contributed by atoms with Crippen molar-refractivity contribution in [3.63, 3.8) is 0 Å². The molecule has 6 nitrogen and oxygen atoms in total. The van der Waals surface area contributed by atoms with Gasteiger partial charge in [0.05, 0.1) is 13.3 Å². The summed E-state index contributed by atoms with van der Waals surface area (Å²) in [5, 5.41) is 3.29. The van der Waals surface area contributed by atoms with Gasteiger partial charge in [-0.15, -0.1) is 0 Å². The van der Waals surface area contributed by atoms with Crippen LogP contribution >= 0.6 is 0 Å². The number of nitrogens with one attached hydrogen (secondary N) is 1. The highest BCUT2D eigenvalue weighted by Gasteiger charge is 2.23. The first-order chi connectivity index (χ1) is 11.7. The minimum absolute atomic E-state index is 0.160. The zero-order valence-corrected chi connectivity index (χ0v) is 14.1. The summed E-state index contributed by atoms with van der Waals surface area (Å²) in [7, 11) is 1.64. The van der Waals surface area contributed by atoms with Gasteiger partial charge in [-0.2, -0.15) is 0 Å². The molecule has 24 heavy (non-hydrogen) atoms. The largest absolute Gasteiger partial charge is 0.497 e. The van der Waals surface area contributed by atoms with Crippen LogP contribution in [-0.2, 0) is 11.2 Å². The Morgan fingerprint density at radius 2 is 2.21 bits per heavy atom. The maximum atomic E-state index is 12.3. The monoisotopic (exact) mass is 329 g/mol. The molecule has 3 rings (SSSR count). The van der Waals surface area contributed by atoms with Gasteiger partial charge in [0.2, 0.25) is 5.91 Å². The van der Waals surface area contributed by atoms with Crippen LogP contribution in [0.4, 0.5) is 0 Å². The molecular formula is C18H23N3O3. The molecule has 0 aliphatic carbocycles. The first kappa shape index (κ1) is 16.5. The van der Waals surface area contributed by atoms with Crippen molar-refractivity contribution < 1.29 is 13.9 Å². The molecule has 0 saturated carbocycles. The molecule has 1 aliphatic heterocycles. The van der Waals surface area contributed by atoms with Crippen molar-refractivity contribution in [1.82, 2.24) is 15.2 Å². The fraction of sp³-hybridized carbons (Fsp3) is 0.444. The summed E-state index contributed by atoms with van der Waals surface area (Å²) < 4.78 is 10.9. The summed E-state index contributed by atoms with van der Waals surface area (Å²) in [6.07, 6.45) is 2.65. The highest BCUT2D eigenvalue weighted by Crippen LogP contribution is 2.23. The molecule has 2 aromatic rings. The van der Waals surface area contributed by atoms with Crippen LogP contribution < -0.4 is 10.1 Å². The molecule has 1 fully saturated rings. The number of oxazole rings is 1. The normalized spacial score (nSPS) is 17.8. The molecule has 128 valence electrons. The predicted molar refractivity (Wildman–Crippen MR) is 90.9 cm³/mol. The summed E-state index contributed by atoms with van der Waals surface area (Å²) >= 11 is 0. The van der Waals surface area contributed by atoms with E-state index in [9.17, 15) is 4.79 Å². The van der Waals surface area contributed by atoms with Crippen molar-refractivity contribution in [2.45, 2.75) is 25.8 Å². The number of aromatic nitrogens is 1. The molecular weight excluding hydrogens is 306 g/mol.